The Morgan fingerprint density at radius 1 is 1.42 bits per heavy atom. The minimum Gasteiger partial charge on any atom is -0.481 e. The van der Waals surface area contributed by atoms with E-state index in [4.69, 9.17) is 9.52 Å². The van der Waals surface area contributed by atoms with Gasteiger partial charge in [0.1, 0.15) is 6.26 Å². The molecule has 0 amide bonds. The van der Waals surface area contributed by atoms with Crippen LogP contribution in [0.1, 0.15) is 18.2 Å². The Balaban J connectivity index is 1.89. The summed E-state index contributed by atoms with van der Waals surface area (Å²) in [5.41, 5.74) is 2.82. The number of carboxylic acids is 1. The summed E-state index contributed by atoms with van der Waals surface area (Å²) >= 11 is 0. The Morgan fingerprint density at radius 3 is 2.74 bits per heavy atom. The van der Waals surface area contributed by atoms with Gasteiger partial charge in [0.2, 0.25) is 0 Å². The van der Waals surface area contributed by atoms with Crippen LogP contribution in [0.2, 0.25) is 0 Å². The molecular formula is C14H16N2O3. The van der Waals surface area contributed by atoms with Crippen LogP contribution in [0.4, 0.5) is 5.69 Å². The fourth-order valence-electron chi connectivity index (χ4n) is 1.72. The Morgan fingerprint density at radius 2 is 2.16 bits per heavy atom. The number of rotatable bonds is 6. The summed E-state index contributed by atoms with van der Waals surface area (Å²) in [6.45, 7) is 2.31. The molecule has 1 aromatic carbocycles. The Labute approximate surface area is 111 Å². The first-order chi connectivity index (χ1) is 9.15. The van der Waals surface area contributed by atoms with Crippen LogP contribution >= 0.6 is 0 Å². The lowest BCUT2D eigenvalue weighted by atomic mass is 10.0. The number of anilines is 1. The van der Waals surface area contributed by atoms with E-state index in [-0.39, 0.29) is 5.92 Å². The van der Waals surface area contributed by atoms with Gasteiger partial charge in [-0.25, -0.2) is 4.98 Å². The number of oxazole rings is 1. The summed E-state index contributed by atoms with van der Waals surface area (Å²) < 4.78 is 4.88. The Kier molecular flexibility index (Phi) is 4.18. The largest absolute Gasteiger partial charge is 0.481 e. The van der Waals surface area contributed by atoms with E-state index in [1.165, 1.54) is 6.39 Å². The average molecular weight is 260 g/mol. The van der Waals surface area contributed by atoms with Crippen LogP contribution in [0.15, 0.2) is 41.3 Å². The van der Waals surface area contributed by atoms with E-state index in [9.17, 15) is 4.79 Å². The predicted molar refractivity (Wildman–Crippen MR) is 70.8 cm³/mol. The van der Waals surface area contributed by atoms with Gasteiger partial charge in [-0.15, -0.1) is 0 Å². The van der Waals surface area contributed by atoms with Gasteiger partial charge in [0.05, 0.1) is 18.2 Å². The van der Waals surface area contributed by atoms with Gasteiger partial charge in [-0.1, -0.05) is 19.1 Å². The van der Waals surface area contributed by atoms with Crippen molar-refractivity contribution in [2.75, 3.05) is 5.32 Å². The number of nitrogens with one attached hydrogen (secondary N) is 1. The van der Waals surface area contributed by atoms with Crippen molar-refractivity contribution in [1.29, 1.82) is 0 Å². The van der Waals surface area contributed by atoms with Gasteiger partial charge in [-0.05, 0) is 24.1 Å². The molecule has 1 unspecified atom stereocenters. The van der Waals surface area contributed by atoms with Crippen molar-refractivity contribution in [3.05, 3.63) is 48.2 Å². The molecule has 2 aromatic rings. The van der Waals surface area contributed by atoms with Gasteiger partial charge >= 0.3 is 5.97 Å². The lowest BCUT2D eigenvalue weighted by molar-refractivity contribution is -0.141. The van der Waals surface area contributed by atoms with Gasteiger partial charge < -0.3 is 14.8 Å². The van der Waals surface area contributed by atoms with E-state index in [0.717, 1.165) is 16.9 Å². The monoisotopic (exact) mass is 260 g/mol. The summed E-state index contributed by atoms with van der Waals surface area (Å²) in [7, 11) is 0. The number of aliphatic carboxylic acids is 1. The maximum atomic E-state index is 10.8. The van der Waals surface area contributed by atoms with Crippen LogP contribution < -0.4 is 5.32 Å². The van der Waals surface area contributed by atoms with Gasteiger partial charge in [-0.2, -0.15) is 0 Å². The lowest BCUT2D eigenvalue weighted by Crippen LogP contribution is -2.12. The molecule has 0 radical (unpaired) electrons. The van der Waals surface area contributed by atoms with Crippen LogP contribution in [0.3, 0.4) is 0 Å². The fraction of sp³-hybridized carbons (Fsp3) is 0.286. The zero-order valence-corrected chi connectivity index (χ0v) is 10.7. The molecule has 0 spiro atoms. The molecule has 1 heterocycles. The summed E-state index contributed by atoms with van der Waals surface area (Å²) in [6, 6.07) is 7.74. The quantitative estimate of drug-likeness (QED) is 0.834. The van der Waals surface area contributed by atoms with Gasteiger partial charge in [0.15, 0.2) is 6.39 Å². The molecule has 0 saturated heterocycles. The molecule has 0 aliphatic heterocycles. The van der Waals surface area contributed by atoms with E-state index in [2.05, 4.69) is 10.3 Å². The number of hydrogen-bond donors (Lipinski definition) is 2. The second-order valence-corrected chi connectivity index (χ2v) is 4.47. The third kappa shape index (κ3) is 3.84. The van der Waals surface area contributed by atoms with Crippen molar-refractivity contribution >= 4 is 11.7 Å². The predicted octanol–water partition coefficient (Wildman–Crippen LogP) is 2.55. The molecule has 0 aliphatic carbocycles. The number of hydrogen-bond acceptors (Lipinski definition) is 4. The number of benzene rings is 1. The van der Waals surface area contributed by atoms with E-state index < -0.39 is 5.97 Å². The highest BCUT2D eigenvalue weighted by Crippen LogP contribution is 2.14. The maximum Gasteiger partial charge on any atom is 0.306 e. The van der Waals surface area contributed by atoms with Crippen LogP contribution in [-0.2, 0) is 17.8 Å². The van der Waals surface area contributed by atoms with Crippen molar-refractivity contribution in [2.45, 2.75) is 19.9 Å². The third-order valence-corrected chi connectivity index (χ3v) is 2.87. The van der Waals surface area contributed by atoms with Crippen molar-refractivity contribution in [3.8, 4) is 0 Å². The van der Waals surface area contributed by atoms with Crippen LogP contribution in [0, 0.1) is 5.92 Å². The minimum absolute atomic E-state index is 0.367. The molecule has 1 atom stereocenters. The van der Waals surface area contributed by atoms with Crippen molar-refractivity contribution in [2.24, 2.45) is 5.92 Å². The van der Waals surface area contributed by atoms with E-state index in [0.29, 0.717) is 13.0 Å². The Bertz CT molecular complexity index is 520. The summed E-state index contributed by atoms with van der Waals surface area (Å²) in [5.74, 6) is -1.14. The Hall–Kier alpha value is -2.30. The first-order valence-electron chi connectivity index (χ1n) is 6.08. The smallest absolute Gasteiger partial charge is 0.306 e. The minimum atomic E-state index is -0.770. The highest BCUT2D eigenvalue weighted by atomic mass is 16.4. The summed E-state index contributed by atoms with van der Waals surface area (Å²) in [4.78, 5) is 14.8. The second kappa shape index (κ2) is 6.04. The molecule has 0 saturated carbocycles. The molecule has 100 valence electrons. The van der Waals surface area contributed by atoms with Gasteiger partial charge in [0, 0.05) is 5.69 Å². The van der Waals surface area contributed by atoms with Crippen LogP contribution in [-0.4, -0.2) is 16.1 Å². The normalized spacial score (nSPS) is 12.1. The SMILES string of the molecule is CC(Cc1ccc(NCc2cocn2)cc1)C(=O)O. The summed E-state index contributed by atoms with van der Waals surface area (Å²) in [6.07, 6.45) is 3.53. The molecule has 2 N–H and O–H groups in total. The average Bonchev–Trinajstić information content (AvgIpc) is 2.91. The lowest BCUT2D eigenvalue weighted by Gasteiger charge is -2.08. The topological polar surface area (TPSA) is 75.4 Å². The molecule has 5 nitrogen and oxygen atoms in total. The zero-order valence-electron chi connectivity index (χ0n) is 10.7. The number of carboxylic acid groups (broad SMARTS) is 1. The number of carbonyl (C=O) groups is 1. The molecular weight excluding hydrogens is 244 g/mol. The first kappa shape index (κ1) is 13.1. The molecule has 19 heavy (non-hydrogen) atoms. The van der Waals surface area contributed by atoms with E-state index in [1.54, 1.807) is 13.2 Å². The molecule has 5 heteroatoms. The fourth-order valence-corrected chi connectivity index (χ4v) is 1.72. The van der Waals surface area contributed by atoms with Crippen molar-refractivity contribution < 1.29 is 14.3 Å². The first-order valence-corrected chi connectivity index (χ1v) is 6.08. The highest BCUT2D eigenvalue weighted by molar-refractivity contribution is 5.69. The molecule has 0 aliphatic rings. The van der Waals surface area contributed by atoms with E-state index in [1.807, 2.05) is 24.3 Å². The van der Waals surface area contributed by atoms with E-state index >= 15 is 0 Å². The van der Waals surface area contributed by atoms with Gasteiger partial charge in [-0.3, -0.25) is 4.79 Å². The molecule has 1 aromatic heterocycles. The van der Waals surface area contributed by atoms with Crippen LogP contribution in [0.5, 0.6) is 0 Å². The number of aromatic nitrogens is 1. The van der Waals surface area contributed by atoms with Crippen LogP contribution in [0.25, 0.3) is 0 Å². The molecule has 0 fully saturated rings. The summed E-state index contributed by atoms with van der Waals surface area (Å²) in [5, 5.41) is 12.1. The number of nitrogens with zero attached hydrogens (tertiary/aromatic N) is 1. The maximum absolute atomic E-state index is 10.8. The third-order valence-electron chi connectivity index (χ3n) is 2.87. The second-order valence-electron chi connectivity index (χ2n) is 4.47. The molecule has 0 bridgehead atoms. The zero-order chi connectivity index (χ0) is 13.7. The molecule has 2 rings (SSSR count). The highest BCUT2D eigenvalue weighted by Gasteiger charge is 2.11. The standard InChI is InChI=1S/C14H16N2O3/c1-10(14(17)18)6-11-2-4-12(5-3-11)15-7-13-8-19-9-16-13/h2-5,8-10,15H,6-7H2,1H3,(H,17,18). The van der Waals surface area contributed by atoms with Crippen molar-refractivity contribution in [3.63, 3.8) is 0 Å². The van der Waals surface area contributed by atoms with Gasteiger partial charge in [0.25, 0.3) is 0 Å². The van der Waals surface area contributed by atoms with Crippen molar-refractivity contribution in [1.82, 2.24) is 4.98 Å².